The van der Waals surface area contributed by atoms with Gasteiger partial charge < -0.3 is 10.5 Å². The van der Waals surface area contributed by atoms with Crippen LogP contribution in [0.5, 0.6) is 5.75 Å². The zero-order chi connectivity index (χ0) is 16.1. The normalized spacial score (nSPS) is 24.0. The van der Waals surface area contributed by atoms with E-state index in [-0.39, 0.29) is 10.5 Å². The number of hydrogen-bond acceptors (Lipinski definition) is 4. The van der Waals surface area contributed by atoms with Crippen LogP contribution < -0.4 is 10.5 Å². The average molecular weight is 324 g/mol. The molecular formula is C15H20N2O4S. The van der Waals surface area contributed by atoms with Crippen LogP contribution in [0.2, 0.25) is 0 Å². The number of carbonyl (C=O) groups excluding carboxylic acids is 1. The summed E-state index contributed by atoms with van der Waals surface area (Å²) < 4.78 is 32.6. The first-order valence-electron chi connectivity index (χ1n) is 7.34. The first kappa shape index (κ1) is 15.3. The summed E-state index contributed by atoms with van der Waals surface area (Å²) in [5.74, 6) is 0.128. The fourth-order valence-electron chi connectivity index (χ4n) is 3.19. The molecule has 22 heavy (non-hydrogen) atoms. The summed E-state index contributed by atoms with van der Waals surface area (Å²) in [6.07, 6.45) is 1.79. The van der Waals surface area contributed by atoms with E-state index in [1.165, 1.54) is 10.4 Å². The van der Waals surface area contributed by atoms with Gasteiger partial charge in [0.15, 0.2) is 0 Å². The van der Waals surface area contributed by atoms with Crippen molar-refractivity contribution < 1.29 is 17.9 Å². The van der Waals surface area contributed by atoms with Gasteiger partial charge >= 0.3 is 0 Å². The summed E-state index contributed by atoms with van der Waals surface area (Å²) in [4.78, 5) is 11.7. The summed E-state index contributed by atoms with van der Waals surface area (Å²) in [5.41, 5.74) is 5.87. The number of ether oxygens (including phenoxy) is 1. The Morgan fingerprint density at radius 1 is 1.41 bits per heavy atom. The lowest BCUT2D eigenvalue weighted by Gasteiger charge is -2.21. The number of hydrogen-bond donors (Lipinski definition) is 1. The fourth-order valence-corrected chi connectivity index (χ4v) is 4.91. The van der Waals surface area contributed by atoms with Crippen LogP contribution in [0.3, 0.4) is 0 Å². The van der Waals surface area contributed by atoms with Crippen molar-refractivity contribution in [2.45, 2.75) is 49.6 Å². The van der Waals surface area contributed by atoms with E-state index in [2.05, 4.69) is 0 Å². The first-order chi connectivity index (χ1) is 10.2. The second-order valence-corrected chi connectivity index (χ2v) is 8.37. The summed E-state index contributed by atoms with van der Waals surface area (Å²) >= 11 is 0. The molecule has 0 saturated carbocycles. The molecule has 3 rings (SSSR count). The number of carbonyl (C=O) groups is 1. The predicted molar refractivity (Wildman–Crippen MR) is 81.0 cm³/mol. The van der Waals surface area contributed by atoms with Crippen LogP contribution in [0.4, 0.5) is 0 Å². The minimum atomic E-state index is -3.71. The lowest BCUT2D eigenvalue weighted by atomic mass is 10.0. The largest absolute Gasteiger partial charge is 0.487 e. The highest BCUT2D eigenvalue weighted by atomic mass is 32.2. The van der Waals surface area contributed by atoms with Gasteiger partial charge in [-0.25, -0.2) is 8.42 Å². The van der Waals surface area contributed by atoms with Gasteiger partial charge in [0, 0.05) is 13.0 Å². The van der Waals surface area contributed by atoms with Gasteiger partial charge in [-0.3, -0.25) is 4.79 Å². The number of amides is 1. The Kier molecular flexibility index (Phi) is 3.45. The molecule has 0 aliphatic carbocycles. The van der Waals surface area contributed by atoms with E-state index in [0.29, 0.717) is 25.8 Å². The van der Waals surface area contributed by atoms with Crippen LogP contribution in [-0.4, -0.2) is 36.8 Å². The molecule has 1 amide bonds. The first-order valence-corrected chi connectivity index (χ1v) is 8.78. The van der Waals surface area contributed by atoms with Crippen molar-refractivity contribution in [1.82, 2.24) is 4.31 Å². The van der Waals surface area contributed by atoms with Gasteiger partial charge in [0.25, 0.3) is 0 Å². The average Bonchev–Trinajstić information content (AvgIpc) is 2.99. The van der Waals surface area contributed by atoms with Gasteiger partial charge in [-0.15, -0.1) is 0 Å². The number of rotatable bonds is 3. The Balaban J connectivity index is 1.96. The van der Waals surface area contributed by atoms with E-state index in [0.717, 1.165) is 11.3 Å². The summed E-state index contributed by atoms with van der Waals surface area (Å²) in [5, 5.41) is 0. The lowest BCUT2D eigenvalue weighted by molar-refractivity contribution is -0.121. The third-order valence-corrected chi connectivity index (χ3v) is 6.08. The molecule has 2 aliphatic heterocycles. The van der Waals surface area contributed by atoms with E-state index < -0.39 is 22.0 Å². The molecule has 0 radical (unpaired) electrons. The van der Waals surface area contributed by atoms with E-state index in [1.807, 2.05) is 13.8 Å². The maximum absolute atomic E-state index is 12.8. The molecule has 2 N–H and O–H groups in total. The number of primary amides is 1. The Hall–Kier alpha value is -1.60. The molecule has 1 saturated heterocycles. The molecule has 0 spiro atoms. The van der Waals surface area contributed by atoms with E-state index in [4.69, 9.17) is 10.5 Å². The number of benzene rings is 1. The molecule has 1 atom stereocenters. The van der Waals surface area contributed by atoms with Crippen molar-refractivity contribution in [2.24, 2.45) is 5.73 Å². The minimum absolute atomic E-state index is 0.195. The molecule has 6 nitrogen and oxygen atoms in total. The van der Waals surface area contributed by atoms with Gasteiger partial charge in [-0.05, 0) is 50.5 Å². The standard InChI is InChI=1S/C15H20N2O4S/c1-15(2)9-10-8-11(5-6-13(10)21-15)22(19,20)17-7-3-4-12(17)14(16)18/h5-6,8,12H,3-4,7,9H2,1-2H3,(H2,16,18)/t12-/m1/s1. The SMILES string of the molecule is CC1(C)Cc2cc(S(=O)(=O)N3CCC[C@@H]3C(N)=O)ccc2O1. The molecular weight excluding hydrogens is 304 g/mol. The van der Waals surface area contributed by atoms with Gasteiger partial charge in [0.1, 0.15) is 17.4 Å². The fraction of sp³-hybridized carbons (Fsp3) is 0.533. The predicted octanol–water partition coefficient (Wildman–Crippen LogP) is 1.04. The maximum Gasteiger partial charge on any atom is 0.243 e. The summed E-state index contributed by atoms with van der Waals surface area (Å²) in [6.45, 7) is 4.25. The molecule has 1 aromatic carbocycles. The van der Waals surface area contributed by atoms with E-state index in [9.17, 15) is 13.2 Å². The van der Waals surface area contributed by atoms with Gasteiger partial charge in [-0.1, -0.05) is 0 Å². The topological polar surface area (TPSA) is 89.7 Å². The quantitative estimate of drug-likeness (QED) is 0.899. The van der Waals surface area contributed by atoms with Gasteiger partial charge in [0.2, 0.25) is 15.9 Å². The van der Waals surface area contributed by atoms with E-state index >= 15 is 0 Å². The zero-order valence-electron chi connectivity index (χ0n) is 12.7. The van der Waals surface area contributed by atoms with Crippen molar-refractivity contribution in [3.05, 3.63) is 23.8 Å². The molecule has 1 fully saturated rings. The van der Waals surface area contributed by atoms with Gasteiger partial charge in [-0.2, -0.15) is 4.31 Å². The number of sulfonamides is 1. The highest BCUT2D eigenvalue weighted by Gasteiger charge is 2.39. The van der Waals surface area contributed by atoms with Crippen molar-refractivity contribution in [3.8, 4) is 5.75 Å². The molecule has 7 heteroatoms. The number of nitrogens with zero attached hydrogens (tertiary/aromatic N) is 1. The van der Waals surface area contributed by atoms with Crippen LogP contribution in [-0.2, 0) is 21.2 Å². The smallest absolute Gasteiger partial charge is 0.243 e. The Morgan fingerprint density at radius 2 is 2.14 bits per heavy atom. The maximum atomic E-state index is 12.8. The van der Waals surface area contributed by atoms with Gasteiger partial charge in [0.05, 0.1) is 4.90 Å². The molecule has 2 aliphatic rings. The van der Waals surface area contributed by atoms with Crippen LogP contribution >= 0.6 is 0 Å². The highest BCUT2D eigenvalue weighted by molar-refractivity contribution is 7.89. The van der Waals surface area contributed by atoms with Crippen molar-refractivity contribution >= 4 is 15.9 Å². The van der Waals surface area contributed by atoms with Crippen molar-refractivity contribution in [1.29, 1.82) is 0 Å². The van der Waals surface area contributed by atoms with Crippen molar-refractivity contribution in [3.63, 3.8) is 0 Å². The third kappa shape index (κ3) is 2.48. The Bertz CT molecular complexity index is 727. The monoisotopic (exact) mass is 324 g/mol. The molecule has 1 aromatic rings. The number of nitrogens with two attached hydrogens (primary N) is 1. The minimum Gasteiger partial charge on any atom is -0.487 e. The molecule has 2 heterocycles. The highest BCUT2D eigenvalue weighted by Crippen LogP contribution is 2.37. The third-order valence-electron chi connectivity index (χ3n) is 4.17. The molecule has 0 aromatic heterocycles. The van der Waals surface area contributed by atoms with Crippen LogP contribution in [0, 0.1) is 0 Å². The lowest BCUT2D eigenvalue weighted by Crippen LogP contribution is -2.43. The van der Waals surface area contributed by atoms with Crippen molar-refractivity contribution in [2.75, 3.05) is 6.54 Å². The van der Waals surface area contributed by atoms with Crippen LogP contribution in [0.25, 0.3) is 0 Å². The molecule has 120 valence electrons. The summed E-state index contributed by atoms with van der Waals surface area (Å²) in [7, 11) is -3.71. The molecule has 0 unspecified atom stereocenters. The van der Waals surface area contributed by atoms with E-state index in [1.54, 1.807) is 12.1 Å². The zero-order valence-corrected chi connectivity index (χ0v) is 13.5. The second-order valence-electron chi connectivity index (χ2n) is 6.48. The Labute approximate surface area is 130 Å². The number of fused-ring (bicyclic) bond motifs is 1. The summed E-state index contributed by atoms with van der Waals surface area (Å²) in [6, 6.07) is 4.12. The second kappa shape index (κ2) is 4.96. The molecule has 0 bridgehead atoms. The van der Waals surface area contributed by atoms with Crippen LogP contribution in [0.1, 0.15) is 32.3 Å². The Morgan fingerprint density at radius 3 is 2.82 bits per heavy atom. The van der Waals surface area contributed by atoms with Crippen LogP contribution in [0.15, 0.2) is 23.1 Å².